The van der Waals surface area contributed by atoms with Crippen LogP contribution < -0.4 is 9.64 Å². The van der Waals surface area contributed by atoms with E-state index in [1.54, 1.807) is 7.11 Å². The largest absolute Gasteiger partial charge is 0.481 e. The van der Waals surface area contributed by atoms with Gasteiger partial charge in [0, 0.05) is 80.8 Å². The molecule has 5 heterocycles. The molecule has 5 aliphatic rings. The van der Waals surface area contributed by atoms with Crippen molar-refractivity contribution < 1.29 is 24.5 Å². The number of fused-ring (bicyclic) bond motifs is 4. The summed E-state index contributed by atoms with van der Waals surface area (Å²) in [5.74, 6) is 0.304. The highest BCUT2D eigenvalue weighted by atomic mass is 35.5. The molecule has 2 N–H and O–H groups in total. The molecule has 2 saturated carbocycles. The van der Waals surface area contributed by atoms with Gasteiger partial charge in [0.1, 0.15) is 0 Å². The zero-order valence-corrected chi connectivity index (χ0v) is 32.4. The highest BCUT2D eigenvalue weighted by Crippen LogP contribution is 2.63. The second-order valence-corrected chi connectivity index (χ2v) is 17.0. The smallest absolute Gasteiger partial charge is 0.309 e. The summed E-state index contributed by atoms with van der Waals surface area (Å²) >= 11 is 7.21. The molecule has 2 aromatic heterocycles. The molecule has 0 radical (unpaired) electrons. The lowest BCUT2D eigenvalue weighted by atomic mass is 9.80. The van der Waals surface area contributed by atoms with E-state index in [0.717, 1.165) is 116 Å². The van der Waals surface area contributed by atoms with E-state index in [4.69, 9.17) is 26.3 Å². The molecule has 3 fully saturated rings. The Hall–Kier alpha value is -4.29. The van der Waals surface area contributed by atoms with Crippen LogP contribution in [0.3, 0.4) is 0 Å². The Bertz CT molecular complexity index is 2180. The Morgan fingerprint density at radius 1 is 0.945 bits per heavy atom. The topological polar surface area (TPSA) is 124 Å². The fraction of sp³-hybridized carbons (Fsp3) is 0.488. The van der Waals surface area contributed by atoms with Crippen LogP contribution in [0, 0.1) is 10.8 Å². The van der Waals surface area contributed by atoms with Crippen LogP contribution in [0.5, 0.6) is 5.88 Å². The maximum Gasteiger partial charge on any atom is 0.309 e. The molecule has 11 nitrogen and oxygen atoms in total. The molecule has 9 rings (SSSR count). The predicted molar refractivity (Wildman–Crippen MR) is 210 cm³/mol. The standard InChI is InChI=1S/C43H49ClN6O5/c1-47-36-13-20-48(22-18-42-14-16-43(26-42,17-15-42)41(53)54)25-34(36)45-38(47)40(52)50-21-12-30-29(5-4-8-35(30)50)31-6-3-7-32(37(31)44)33-10-9-27(39(46-33)55-2)23-49-19-11-28(51)24-49/h3-10,28,51H,11-26H2,1-2H3,(H,53,54)/t28-,42?,43?/m1/s1. The first-order valence-corrected chi connectivity index (χ1v) is 20.1. The van der Waals surface area contributed by atoms with Crippen LogP contribution in [-0.4, -0.2) is 92.4 Å². The molecule has 55 heavy (non-hydrogen) atoms. The van der Waals surface area contributed by atoms with E-state index in [9.17, 15) is 19.8 Å². The number of aliphatic hydroxyl groups is 1. The van der Waals surface area contributed by atoms with Gasteiger partial charge in [-0.2, -0.15) is 0 Å². The Labute approximate surface area is 326 Å². The molecule has 288 valence electrons. The van der Waals surface area contributed by atoms with Gasteiger partial charge in [0.2, 0.25) is 5.88 Å². The van der Waals surface area contributed by atoms with Gasteiger partial charge in [0.05, 0.1) is 35.0 Å². The maximum absolute atomic E-state index is 14.3. The number of hydrogen-bond donors (Lipinski definition) is 2. The van der Waals surface area contributed by atoms with E-state index in [2.05, 4.69) is 15.9 Å². The van der Waals surface area contributed by atoms with Gasteiger partial charge in [-0.1, -0.05) is 48.0 Å². The zero-order chi connectivity index (χ0) is 38.1. The molecule has 1 atom stereocenters. The van der Waals surface area contributed by atoms with Gasteiger partial charge in [0.25, 0.3) is 5.91 Å². The summed E-state index contributed by atoms with van der Waals surface area (Å²) in [6, 6.07) is 16.1. The number of aromatic nitrogens is 3. The van der Waals surface area contributed by atoms with Crippen molar-refractivity contribution in [2.75, 3.05) is 44.7 Å². The van der Waals surface area contributed by atoms with Gasteiger partial charge >= 0.3 is 5.97 Å². The quantitative estimate of drug-likeness (QED) is 0.190. The average molecular weight is 765 g/mol. The minimum absolute atomic E-state index is 0.0974. The van der Waals surface area contributed by atoms with E-state index >= 15 is 0 Å². The fourth-order valence-electron chi connectivity index (χ4n) is 10.4. The number of amides is 1. The number of hydrogen-bond acceptors (Lipinski definition) is 8. The predicted octanol–water partition coefficient (Wildman–Crippen LogP) is 6.36. The van der Waals surface area contributed by atoms with E-state index in [1.807, 2.05) is 59.0 Å². The van der Waals surface area contributed by atoms with Crippen molar-refractivity contribution in [3.8, 4) is 28.3 Å². The summed E-state index contributed by atoms with van der Waals surface area (Å²) in [7, 11) is 3.59. The molecule has 2 bridgehead atoms. The average Bonchev–Trinajstić information content (AvgIpc) is 4.03. The van der Waals surface area contributed by atoms with Gasteiger partial charge in [-0.25, -0.2) is 9.97 Å². The molecule has 3 aliphatic heterocycles. The summed E-state index contributed by atoms with van der Waals surface area (Å²) in [5.41, 5.74) is 8.09. The highest BCUT2D eigenvalue weighted by Gasteiger charge is 2.57. The second kappa shape index (κ2) is 14.0. The van der Waals surface area contributed by atoms with Crippen molar-refractivity contribution in [1.82, 2.24) is 24.3 Å². The van der Waals surface area contributed by atoms with Crippen molar-refractivity contribution in [2.24, 2.45) is 17.9 Å². The third-order valence-electron chi connectivity index (χ3n) is 13.5. The van der Waals surface area contributed by atoms with E-state index < -0.39 is 11.4 Å². The third kappa shape index (κ3) is 6.33. The number of aliphatic hydroxyl groups excluding tert-OH is 1. The van der Waals surface area contributed by atoms with Crippen molar-refractivity contribution in [2.45, 2.75) is 77.0 Å². The lowest BCUT2D eigenvalue weighted by Gasteiger charge is -2.32. The number of carbonyl (C=O) groups is 2. The number of carboxylic acids is 1. The summed E-state index contributed by atoms with van der Waals surface area (Å²) in [6.07, 6.45) is 7.53. The van der Waals surface area contributed by atoms with Crippen molar-refractivity contribution >= 4 is 29.2 Å². The number of carboxylic acid groups (broad SMARTS) is 1. The monoisotopic (exact) mass is 764 g/mol. The fourth-order valence-corrected chi connectivity index (χ4v) is 10.7. The van der Waals surface area contributed by atoms with Crippen molar-refractivity contribution in [3.05, 3.63) is 81.9 Å². The molecule has 1 saturated heterocycles. The van der Waals surface area contributed by atoms with E-state index in [-0.39, 0.29) is 17.4 Å². The first kappa shape index (κ1) is 36.4. The second-order valence-electron chi connectivity index (χ2n) is 16.6. The lowest BCUT2D eigenvalue weighted by molar-refractivity contribution is -0.148. The molecule has 1 amide bonds. The number of methoxy groups -OCH3 is 1. The zero-order valence-electron chi connectivity index (χ0n) is 31.7. The van der Waals surface area contributed by atoms with Crippen LogP contribution in [0.25, 0.3) is 22.4 Å². The maximum atomic E-state index is 14.3. The number of aliphatic carboxylic acids is 1. The lowest BCUT2D eigenvalue weighted by Crippen LogP contribution is -2.34. The molecule has 0 unspecified atom stereocenters. The van der Waals surface area contributed by atoms with Crippen LogP contribution in [0.15, 0.2) is 48.5 Å². The van der Waals surface area contributed by atoms with Crippen LogP contribution in [-0.2, 0) is 37.8 Å². The van der Waals surface area contributed by atoms with Crippen LogP contribution in [0.1, 0.15) is 78.1 Å². The van der Waals surface area contributed by atoms with Gasteiger partial charge in [0.15, 0.2) is 5.82 Å². The number of carbonyl (C=O) groups excluding carboxylic acids is 1. The SMILES string of the molecule is COc1nc(-c2cccc(-c3cccc4c3CCN4C(=O)c3nc4c(n3C)CCN(CCC35CCC(C(=O)O)(CC3)C5)C4)c2Cl)ccc1CN1CC[C@@H](O)C1. The van der Waals surface area contributed by atoms with Gasteiger partial charge in [-0.05, 0) is 86.6 Å². The molecule has 2 aliphatic carbocycles. The number of likely N-dealkylation sites (tertiary alicyclic amines) is 1. The van der Waals surface area contributed by atoms with Crippen LogP contribution >= 0.6 is 11.6 Å². The number of β-amino-alcohol motifs (C(OH)–C–C–N with tert-alkyl or cyclic N) is 1. The van der Waals surface area contributed by atoms with Gasteiger partial charge in [-0.3, -0.25) is 19.4 Å². The van der Waals surface area contributed by atoms with Crippen LogP contribution in [0.2, 0.25) is 5.02 Å². The highest BCUT2D eigenvalue weighted by molar-refractivity contribution is 6.36. The minimum atomic E-state index is -0.609. The molecule has 12 heteroatoms. The van der Waals surface area contributed by atoms with E-state index in [1.165, 1.54) is 0 Å². The van der Waals surface area contributed by atoms with Crippen molar-refractivity contribution in [3.63, 3.8) is 0 Å². The number of pyridine rings is 1. The Morgan fingerprint density at radius 2 is 1.73 bits per heavy atom. The number of imidazole rings is 1. The number of nitrogens with zero attached hydrogens (tertiary/aromatic N) is 6. The summed E-state index contributed by atoms with van der Waals surface area (Å²) < 4.78 is 7.71. The molecular weight excluding hydrogens is 716 g/mol. The normalized spacial score (nSPS) is 24.7. The van der Waals surface area contributed by atoms with E-state index in [0.29, 0.717) is 55.0 Å². The molecular formula is C43H49ClN6O5. The van der Waals surface area contributed by atoms with Gasteiger partial charge in [-0.15, -0.1) is 0 Å². The Kier molecular flexibility index (Phi) is 9.27. The minimum Gasteiger partial charge on any atom is -0.481 e. The molecule has 4 aromatic rings. The Balaban J connectivity index is 0.919. The van der Waals surface area contributed by atoms with Crippen molar-refractivity contribution in [1.29, 1.82) is 0 Å². The van der Waals surface area contributed by atoms with Crippen LogP contribution in [0.4, 0.5) is 5.69 Å². The Morgan fingerprint density at radius 3 is 2.47 bits per heavy atom. The molecule has 0 spiro atoms. The number of ether oxygens (including phenoxy) is 1. The van der Waals surface area contributed by atoms with Gasteiger partial charge < -0.3 is 24.4 Å². The summed E-state index contributed by atoms with van der Waals surface area (Å²) in [5, 5.41) is 20.4. The first-order valence-electron chi connectivity index (χ1n) is 19.7. The number of rotatable bonds is 10. The number of halogens is 1. The summed E-state index contributed by atoms with van der Waals surface area (Å²) in [4.78, 5) is 42.6. The number of anilines is 1. The number of benzene rings is 2. The summed E-state index contributed by atoms with van der Waals surface area (Å²) in [6.45, 7) is 5.25. The third-order valence-corrected chi connectivity index (χ3v) is 13.9. The first-order chi connectivity index (χ1) is 26.6. The molecule has 2 aromatic carbocycles.